The Hall–Kier alpha value is -1.62. The molecule has 1 unspecified atom stereocenters. The lowest BCUT2D eigenvalue weighted by Gasteiger charge is -2.13. The molecule has 5 heteroatoms. The Kier molecular flexibility index (Phi) is 5.99. The summed E-state index contributed by atoms with van der Waals surface area (Å²) in [5, 5.41) is 13.6. The lowest BCUT2D eigenvalue weighted by Crippen LogP contribution is -2.31. The van der Waals surface area contributed by atoms with Crippen molar-refractivity contribution >= 4 is 11.6 Å². The maximum atomic E-state index is 13.3. The molecule has 3 nitrogen and oxygen atoms in total. The SMILES string of the molecule is OC(CNCc1cccc(Cl)c1)COc1ccccc1F. The van der Waals surface area contributed by atoms with Gasteiger partial charge in [0, 0.05) is 18.1 Å². The molecule has 21 heavy (non-hydrogen) atoms. The Balaban J connectivity index is 1.70. The summed E-state index contributed by atoms with van der Waals surface area (Å²) in [4.78, 5) is 0. The molecular weight excluding hydrogens is 293 g/mol. The van der Waals surface area contributed by atoms with E-state index in [0.29, 0.717) is 18.1 Å². The largest absolute Gasteiger partial charge is 0.488 e. The molecule has 0 aliphatic rings. The van der Waals surface area contributed by atoms with Crippen molar-refractivity contribution in [2.45, 2.75) is 12.6 Å². The van der Waals surface area contributed by atoms with Gasteiger partial charge in [-0.15, -0.1) is 0 Å². The van der Waals surface area contributed by atoms with Crippen LogP contribution in [0.25, 0.3) is 0 Å². The quantitative estimate of drug-likeness (QED) is 0.826. The highest BCUT2D eigenvalue weighted by molar-refractivity contribution is 6.30. The fraction of sp³-hybridized carbons (Fsp3) is 0.250. The van der Waals surface area contributed by atoms with Gasteiger partial charge in [0.2, 0.25) is 0 Å². The Morgan fingerprint density at radius 2 is 2.00 bits per heavy atom. The van der Waals surface area contributed by atoms with Crippen LogP contribution in [0.2, 0.25) is 5.02 Å². The molecule has 2 N–H and O–H groups in total. The number of rotatable bonds is 7. The number of aliphatic hydroxyl groups excluding tert-OH is 1. The number of ether oxygens (including phenoxy) is 1. The van der Waals surface area contributed by atoms with Gasteiger partial charge in [-0.3, -0.25) is 0 Å². The van der Waals surface area contributed by atoms with Gasteiger partial charge in [-0.2, -0.15) is 0 Å². The van der Waals surface area contributed by atoms with Crippen molar-refractivity contribution in [2.75, 3.05) is 13.2 Å². The van der Waals surface area contributed by atoms with Crippen molar-refractivity contribution in [3.8, 4) is 5.75 Å². The van der Waals surface area contributed by atoms with Gasteiger partial charge in [-0.1, -0.05) is 35.9 Å². The van der Waals surface area contributed by atoms with E-state index in [4.69, 9.17) is 16.3 Å². The molecule has 0 amide bonds. The van der Waals surface area contributed by atoms with Crippen LogP contribution in [0.5, 0.6) is 5.75 Å². The van der Waals surface area contributed by atoms with E-state index in [-0.39, 0.29) is 12.4 Å². The predicted molar refractivity (Wildman–Crippen MR) is 81.1 cm³/mol. The second-order valence-electron chi connectivity index (χ2n) is 4.66. The lowest BCUT2D eigenvalue weighted by atomic mass is 10.2. The molecular formula is C16H17ClFNO2. The molecule has 2 aromatic carbocycles. The lowest BCUT2D eigenvalue weighted by molar-refractivity contribution is 0.104. The monoisotopic (exact) mass is 309 g/mol. The van der Waals surface area contributed by atoms with Crippen LogP contribution in [-0.4, -0.2) is 24.4 Å². The van der Waals surface area contributed by atoms with E-state index >= 15 is 0 Å². The van der Waals surface area contributed by atoms with Crippen LogP contribution in [0.4, 0.5) is 4.39 Å². The van der Waals surface area contributed by atoms with Crippen LogP contribution >= 0.6 is 11.6 Å². The van der Waals surface area contributed by atoms with E-state index in [2.05, 4.69) is 5.32 Å². The second kappa shape index (κ2) is 7.98. The molecule has 2 rings (SSSR count). The van der Waals surface area contributed by atoms with Gasteiger partial charge in [-0.25, -0.2) is 4.39 Å². The van der Waals surface area contributed by atoms with Crippen LogP contribution in [0.3, 0.4) is 0 Å². The third kappa shape index (κ3) is 5.34. The van der Waals surface area contributed by atoms with Crippen molar-refractivity contribution in [3.63, 3.8) is 0 Å². The van der Waals surface area contributed by atoms with Crippen molar-refractivity contribution in [1.82, 2.24) is 5.32 Å². The number of hydrogen-bond acceptors (Lipinski definition) is 3. The number of aliphatic hydroxyl groups is 1. The smallest absolute Gasteiger partial charge is 0.165 e. The highest BCUT2D eigenvalue weighted by Crippen LogP contribution is 2.15. The molecule has 112 valence electrons. The first-order chi connectivity index (χ1) is 10.1. The van der Waals surface area contributed by atoms with Crippen LogP contribution in [0.15, 0.2) is 48.5 Å². The third-order valence-electron chi connectivity index (χ3n) is 2.87. The summed E-state index contributed by atoms with van der Waals surface area (Å²) in [6.45, 7) is 0.974. The van der Waals surface area contributed by atoms with Gasteiger partial charge in [0.1, 0.15) is 12.7 Å². The highest BCUT2D eigenvalue weighted by Gasteiger charge is 2.07. The molecule has 0 aliphatic carbocycles. The van der Waals surface area contributed by atoms with E-state index in [9.17, 15) is 9.50 Å². The van der Waals surface area contributed by atoms with E-state index < -0.39 is 11.9 Å². The molecule has 0 spiro atoms. The molecule has 0 radical (unpaired) electrons. The highest BCUT2D eigenvalue weighted by atomic mass is 35.5. The number of halogens is 2. The normalized spacial score (nSPS) is 12.1. The first-order valence-corrected chi connectivity index (χ1v) is 7.03. The Bertz CT molecular complexity index is 580. The predicted octanol–water partition coefficient (Wildman–Crippen LogP) is 3.01. The number of para-hydroxylation sites is 1. The first-order valence-electron chi connectivity index (χ1n) is 6.65. The van der Waals surface area contributed by atoms with Gasteiger partial charge in [0.05, 0.1) is 0 Å². The molecule has 0 saturated carbocycles. The van der Waals surface area contributed by atoms with Crippen molar-refractivity contribution in [1.29, 1.82) is 0 Å². The van der Waals surface area contributed by atoms with Crippen LogP contribution < -0.4 is 10.1 Å². The molecule has 0 fully saturated rings. The molecule has 0 saturated heterocycles. The number of benzene rings is 2. The van der Waals surface area contributed by atoms with Gasteiger partial charge < -0.3 is 15.2 Å². The molecule has 0 aromatic heterocycles. The van der Waals surface area contributed by atoms with E-state index in [1.165, 1.54) is 12.1 Å². The Labute approximate surface area is 128 Å². The maximum absolute atomic E-state index is 13.3. The Morgan fingerprint density at radius 3 is 2.76 bits per heavy atom. The Morgan fingerprint density at radius 1 is 1.19 bits per heavy atom. The minimum absolute atomic E-state index is 0.0312. The summed E-state index contributed by atoms with van der Waals surface area (Å²) in [5.41, 5.74) is 1.03. The van der Waals surface area contributed by atoms with E-state index in [1.54, 1.807) is 12.1 Å². The zero-order valence-corrected chi connectivity index (χ0v) is 12.2. The third-order valence-corrected chi connectivity index (χ3v) is 3.10. The molecule has 2 aromatic rings. The summed E-state index contributed by atoms with van der Waals surface area (Å²) in [6, 6.07) is 13.6. The standard InChI is InChI=1S/C16H17ClFNO2/c17-13-5-3-4-12(8-13)9-19-10-14(20)11-21-16-7-2-1-6-15(16)18/h1-8,14,19-20H,9-11H2. The topological polar surface area (TPSA) is 41.5 Å². The van der Waals surface area contributed by atoms with Crippen LogP contribution in [-0.2, 0) is 6.54 Å². The summed E-state index contributed by atoms with van der Waals surface area (Å²) in [7, 11) is 0. The molecule has 0 heterocycles. The number of hydrogen-bond donors (Lipinski definition) is 2. The van der Waals surface area contributed by atoms with E-state index in [1.807, 2.05) is 24.3 Å². The summed E-state index contributed by atoms with van der Waals surface area (Å²) in [5.74, 6) is -0.289. The molecule has 0 aliphatic heterocycles. The zero-order chi connectivity index (χ0) is 15.1. The van der Waals surface area contributed by atoms with Crippen molar-refractivity contribution < 1.29 is 14.2 Å². The second-order valence-corrected chi connectivity index (χ2v) is 5.09. The first kappa shape index (κ1) is 15.8. The van der Waals surface area contributed by atoms with Crippen molar-refractivity contribution in [2.24, 2.45) is 0 Å². The number of nitrogens with one attached hydrogen (secondary N) is 1. The van der Waals surface area contributed by atoms with Gasteiger partial charge in [-0.05, 0) is 29.8 Å². The van der Waals surface area contributed by atoms with Crippen LogP contribution in [0, 0.1) is 5.82 Å². The molecule has 0 bridgehead atoms. The zero-order valence-electron chi connectivity index (χ0n) is 11.4. The van der Waals surface area contributed by atoms with Gasteiger partial charge >= 0.3 is 0 Å². The van der Waals surface area contributed by atoms with Gasteiger partial charge in [0.25, 0.3) is 0 Å². The fourth-order valence-electron chi connectivity index (χ4n) is 1.84. The maximum Gasteiger partial charge on any atom is 0.165 e. The average molecular weight is 310 g/mol. The minimum Gasteiger partial charge on any atom is -0.488 e. The van der Waals surface area contributed by atoms with Crippen molar-refractivity contribution in [3.05, 3.63) is 64.9 Å². The fourth-order valence-corrected chi connectivity index (χ4v) is 2.05. The molecule has 1 atom stereocenters. The minimum atomic E-state index is -0.719. The van der Waals surface area contributed by atoms with E-state index in [0.717, 1.165) is 5.56 Å². The van der Waals surface area contributed by atoms with Gasteiger partial charge in [0.15, 0.2) is 11.6 Å². The van der Waals surface area contributed by atoms with Crippen LogP contribution in [0.1, 0.15) is 5.56 Å². The average Bonchev–Trinajstić information content (AvgIpc) is 2.46. The summed E-state index contributed by atoms with van der Waals surface area (Å²) >= 11 is 5.89. The summed E-state index contributed by atoms with van der Waals surface area (Å²) in [6.07, 6.45) is -0.719. The summed E-state index contributed by atoms with van der Waals surface area (Å²) < 4.78 is 18.6.